The highest BCUT2D eigenvalue weighted by Crippen LogP contribution is 2.15. The number of hydrogen-bond acceptors (Lipinski definition) is 4. The Morgan fingerprint density at radius 2 is 1.63 bits per heavy atom. The van der Waals surface area contributed by atoms with E-state index in [1.54, 1.807) is 12.3 Å². The van der Waals surface area contributed by atoms with E-state index >= 15 is 0 Å². The van der Waals surface area contributed by atoms with E-state index in [9.17, 15) is 18.4 Å². The predicted molar refractivity (Wildman–Crippen MR) is 146 cm³/mol. The second kappa shape index (κ2) is 14.3. The molecule has 1 aromatic heterocycles. The third-order valence-electron chi connectivity index (χ3n) is 6.29. The number of carbonyl (C=O) groups excluding carboxylic acids is 2. The van der Waals surface area contributed by atoms with Gasteiger partial charge in [-0.25, -0.2) is 13.8 Å². The van der Waals surface area contributed by atoms with Crippen LogP contribution in [0.1, 0.15) is 62.8 Å². The minimum atomic E-state index is -0.786. The van der Waals surface area contributed by atoms with Crippen molar-refractivity contribution >= 4 is 17.6 Å². The summed E-state index contributed by atoms with van der Waals surface area (Å²) >= 11 is 0. The van der Waals surface area contributed by atoms with Crippen LogP contribution < -0.4 is 16.0 Å². The molecular weight excluding hydrogens is 486 g/mol. The van der Waals surface area contributed by atoms with E-state index in [2.05, 4.69) is 46.9 Å². The molecule has 0 aliphatic rings. The first-order valence-electron chi connectivity index (χ1n) is 13.0. The molecule has 6 nitrogen and oxygen atoms in total. The highest BCUT2D eigenvalue weighted by Gasteiger charge is 2.21. The molecule has 3 aromatic rings. The molecule has 0 spiro atoms. The van der Waals surface area contributed by atoms with E-state index in [1.165, 1.54) is 5.56 Å². The fraction of sp³-hybridized carbons (Fsp3) is 0.367. The van der Waals surface area contributed by atoms with Crippen molar-refractivity contribution in [3.8, 4) is 0 Å². The van der Waals surface area contributed by atoms with Crippen LogP contribution in [0, 0.1) is 11.6 Å². The predicted octanol–water partition coefficient (Wildman–Crippen LogP) is 5.50. The van der Waals surface area contributed by atoms with Crippen molar-refractivity contribution in [3.63, 3.8) is 0 Å². The molecular formula is C30H36F2N4O2. The van der Waals surface area contributed by atoms with Crippen LogP contribution in [0.3, 0.4) is 0 Å². The molecule has 2 amide bonds. The summed E-state index contributed by atoms with van der Waals surface area (Å²) in [6, 6.07) is 16.7. The second-order valence-corrected chi connectivity index (χ2v) is 9.64. The van der Waals surface area contributed by atoms with Crippen LogP contribution in [-0.4, -0.2) is 28.9 Å². The molecule has 0 bridgehead atoms. The van der Waals surface area contributed by atoms with Gasteiger partial charge in [-0.15, -0.1) is 0 Å². The highest BCUT2D eigenvalue weighted by atomic mass is 19.1. The molecule has 1 heterocycles. The van der Waals surface area contributed by atoms with Crippen molar-refractivity contribution in [2.45, 2.75) is 71.0 Å². The minimum Gasteiger partial charge on any atom is -0.344 e. The van der Waals surface area contributed by atoms with Gasteiger partial charge in [-0.05, 0) is 68.0 Å². The number of aromatic nitrogens is 1. The van der Waals surface area contributed by atoms with Crippen LogP contribution in [0.2, 0.25) is 0 Å². The number of nitrogens with one attached hydrogen (secondary N) is 3. The molecule has 38 heavy (non-hydrogen) atoms. The summed E-state index contributed by atoms with van der Waals surface area (Å²) in [5, 5.41) is 9.04. The number of hydrogen-bond donors (Lipinski definition) is 3. The molecule has 0 fully saturated rings. The third-order valence-corrected chi connectivity index (χ3v) is 6.29. The van der Waals surface area contributed by atoms with Crippen LogP contribution in [0.25, 0.3) is 0 Å². The summed E-state index contributed by atoms with van der Waals surface area (Å²) in [7, 11) is 0. The lowest BCUT2D eigenvalue weighted by atomic mass is 10.0. The summed E-state index contributed by atoms with van der Waals surface area (Å²) in [5.41, 5.74) is 2.51. The zero-order chi connectivity index (χ0) is 27.5. The topological polar surface area (TPSA) is 83.1 Å². The van der Waals surface area contributed by atoms with Gasteiger partial charge in [-0.2, -0.15) is 0 Å². The number of rotatable bonds is 13. The highest BCUT2D eigenvalue weighted by molar-refractivity contribution is 5.96. The van der Waals surface area contributed by atoms with E-state index in [0.717, 1.165) is 36.6 Å². The summed E-state index contributed by atoms with van der Waals surface area (Å²) in [4.78, 5) is 29.6. The maximum Gasteiger partial charge on any atom is 0.248 e. The van der Waals surface area contributed by atoms with Crippen LogP contribution >= 0.6 is 0 Å². The Morgan fingerprint density at radius 3 is 2.26 bits per heavy atom. The Balaban J connectivity index is 1.48. The first-order valence-corrected chi connectivity index (χ1v) is 13.0. The van der Waals surface area contributed by atoms with Gasteiger partial charge in [0, 0.05) is 24.3 Å². The summed E-state index contributed by atoms with van der Waals surface area (Å²) < 4.78 is 26.8. The van der Waals surface area contributed by atoms with Crippen molar-refractivity contribution in [1.29, 1.82) is 0 Å². The van der Waals surface area contributed by atoms with Gasteiger partial charge in [-0.3, -0.25) is 9.59 Å². The molecule has 2 aromatic carbocycles. The molecule has 3 unspecified atom stereocenters. The number of nitrogens with zero attached hydrogens (tertiary/aromatic N) is 1. The van der Waals surface area contributed by atoms with Gasteiger partial charge in [0.1, 0.15) is 23.5 Å². The molecule has 0 aliphatic carbocycles. The van der Waals surface area contributed by atoms with Gasteiger partial charge in [0.15, 0.2) is 0 Å². The lowest BCUT2D eigenvalue weighted by Crippen LogP contribution is -2.44. The summed E-state index contributed by atoms with van der Waals surface area (Å²) in [5.74, 6) is -1.99. The van der Waals surface area contributed by atoms with Crippen molar-refractivity contribution in [3.05, 3.63) is 95.2 Å². The number of aryl methyl sites for hydroxylation is 1. The van der Waals surface area contributed by atoms with Gasteiger partial charge < -0.3 is 16.0 Å². The quantitative estimate of drug-likeness (QED) is 0.277. The Morgan fingerprint density at radius 1 is 0.921 bits per heavy atom. The first-order chi connectivity index (χ1) is 18.2. The fourth-order valence-electron chi connectivity index (χ4n) is 4.29. The number of amides is 2. The normalized spacial score (nSPS) is 13.4. The number of carbonyl (C=O) groups is 2. The molecule has 0 saturated heterocycles. The third kappa shape index (κ3) is 9.34. The van der Waals surface area contributed by atoms with Gasteiger partial charge in [0.05, 0.1) is 6.42 Å². The molecule has 0 saturated carbocycles. The zero-order valence-corrected chi connectivity index (χ0v) is 22.1. The SMILES string of the molecule is CCCC(NC(=O)Cc1cc(F)cc(F)c1)C(=O)Nc1ccc(CCC(C)NC(C)c2ccccc2)cn1. The maximum atomic E-state index is 13.4. The van der Waals surface area contributed by atoms with E-state index in [1.807, 2.05) is 31.2 Å². The van der Waals surface area contributed by atoms with Crippen molar-refractivity contribution in [2.24, 2.45) is 0 Å². The van der Waals surface area contributed by atoms with Gasteiger partial charge in [0.25, 0.3) is 0 Å². The fourth-order valence-corrected chi connectivity index (χ4v) is 4.29. The average molecular weight is 523 g/mol. The minimum absolute atomic E-state index is 0.201. The molecule has 0 aliphatic heterocycles. The van der Waals surface area contributed by atoms with Crippen molar-refractivity contribution in [2.75, 3.05) is 5.32 Å². The van der Waals surface area contributed by atoms with E-state index < -0.39 is 29.5 Å². The number of benzene rings is 2. The molecule has 3 N–H and O–H groups in total. The van der Waals surface area contributed by atoms with Gasteiger partial charge in [-0.1, -0.05) is 49.7 Å². The van der Waals surface area contributed by atoms with Crippen LogP contribution in [-0.2, 0) is 22.4 Å². The largest absolute Gasteiger partial charge is 0.344 e. The number of pyridine rings is 1. The van der Waals surface area contributed by atoms with Crippen LogP contribution in [0.15, 0.2) is 66.9 Å². The molecule has 202 valence electrons. The maximum absolute atomic E-state index is 13.4. The average Bonchev–Trinajstić information content (AvgIpc) is 2.88. The van der Waals surface area contributed by atoms with E-state index in [0.29, 0.717) is 24.7 Å². The zero-order valence-electron chi connectivity index (χ0n) is 22.1. The summed E-state index contributed by atoms with van der Waals surface area (Å²) in [6.07, 6.45) is 4.37. The lowest BCUT2D eigenvalue weighted by molar-refractivity contribution is -0.126. The number of halogens is 2. The smallest absolute Gasteiger partial charge is 0.248 e. The standard InChI is InChI=1S/C30H36F2N4O2/c1-4-8-27(35-29(37)17-23-15-25(31)18-26(32)16-23)30(38)36-28-14-13-22(19-33-28)12-11-20(2)34-21(3)24-9-6-5-7-10-24/h5-7,9-10,13-16,18-21,27,34H,4,8,11-12,17H2,1-3H3,(H,35,37)(H,33,36,38). The number of anilines is 1. The lowest BCUT2D eigenvalue weighted by Gasteiger charge is -2.20. The molecule has 8 heteroatoms. The Hall–Kier alpha value is -3.65. The summed E-state index contributed by atoms with van der Waals surface area (Å²) in [6.45, 7) is 6.21. The van der Waals surface area contributed by atoms with E-state index in [-0.39, 0.29) is 18.0 Å². The van der Waals surface area contributed by atoms with Crippen molar-refractivity contribution in [1.82, 2.24) is 15.6 Å². The van der Waals surface area contributed by atoms with E-state index in [4.69, 9.17) is 0 Å². The molecule has 3 rings (SSSR count). The second-order valence-electron chi connectivity index (χ2n) is 9.64. The Labute approximate surface area is 223 Å². The van der Waals surface area contributed by atoms with Crippen molar-refractivity contribution < 1.29 is 18.4 Å². The van der Waals surface area contributed by atoms with Crippen LogP contribution in [0.5, 0.6) is 0 Å². The Kier molecular flexibility index (Phi) is 10.9. The van der Waals surface area contributed by atoms with Gasteiger partial charge in [0.2, 0.25) is 11.8 Å². The van der Waals surface area contributed by atoms with Crippen LogP contribution in [0.4, 0.5) is 14.6 Å². The Bertz CT molecular complexity index is 1170. The molecule has 0 radical (unpaired) electrons. The molecule has 3 atom stereocenters. The van der Waals surface area contributed by atoms with Gasteiger partial charge >= 0.3 is 0 Å². The monoisotopic (exact) mass is 522 g/mol. The first kappa shape index (κ1) is 28.9.